The summed E-state index contributed by atoms with van der Waals surface area (Å²) >= 11 is 6.38. The number of halogens is 1. The first-order valence-corrected chi connectivity index (χ1v) is 14.8. The van der Waals surface area contributed by atoms with Crippen LogP contribution in [0.3, 0.4) is 0 Å². The molecule has 0 aliphatic heterocycles. The number of nitrogens with one attached hydrogen (secondary N) is 1. The third-order valence-corrected chi connectivity index (χ3v) is 8.75. The van der Waals surface area contributed by atoms with E-state index in [1.807, 2.05) is 52.0 Å². The highest BCUT2D eigenvalue weighted by Gasteiger charge is 2.34. The summed E-state index contributed by atoms with van der Waals surface area (Å²) in [7, 11) is -4.15. The summed E-state index contributed by atoms with van der Waals surface area (Å²) in [5.41, 5.74) is 3.61. The lowest BCUT2D eigenvalue weighted by Gasteiger charge is -2.33. The molecule has 39 heavy (non-hydrogen) atoms. The molecule has 0 unspecified atom stereocenters. The normalized spacial score (nSPS) is 12.1. The van der Waals surface area contributed by atoms with Crippen molar-refractivity contribution >= 4 is 39.1 Å². The predicted octanol–water partition coefficient (Wildman–Crippen LogP) is 5.40. The number of rotatable bonds is 11. The van der Waals surface area contributed by atoms with Crippen LogP contribution in [-0.4, -0.2) is 44.3 Å². The van der Waals surface area contributed by atoms with Crippen molar-refractivity contribution in [1.29, 1.82) is 0 Å². The molecule has 3 aromatic rings. The molecule has 0 aliphatic carbocycles. The second-order valence-electron chi connectivity index (χ2n) is 9.54. The number of hydrogen-bond acceptors (Lipinski definition) is 4. The molecule has 0 saturated carbocycles. The van der Waals surface area contributed by atoms with E-state index in [-0.39, 0.29) is 17.3 Å². The number of hydrogen-bond donors (Lipinski definition) is 1. The number of carbonyl (C=O) groups excluding carboxylic acids is 2. The predicted molar refractivity (Wildman–Crippen MR) is 156 cm³/mol. The summed E-state index contributed by atoms with van der Waals surface area (Å²) in [5, 5.41) is 3.19. The van der Waals surface area contributed by atoms with E-state index in [0.717, 1.165) is 21.0 Å². The molecule has 208 valence electrons. The maximum Gasteiger partial charge on any atom is 0.264 e. The number of carbonyl (C=O) groups is 2. The highest BCUT2D eigenvalue weighted by molar-refractivity contribution is 7.92. The van der Waals surface area contributed by atoms with Gasteiger partial charge in [0.25, 0.3) is 10.0 Å². The molecule has 0 bridgehead atoms. The van der Waals surface area contributed by atoms with Crippen LogP contribution in [0.15, 0.2) is 71.6 Å². The Morgan fingerprint density at radius 2 is 1.59 bits per heavy atom. The van der Waals surface area contributed by atoms with Gasteiger partial charge in [0, 0.05) is 18.1 Å². The van der Waals surface area contributed by atoms with Crippen LogP contribution in [0.1, 0.15) is 42.5 Å². The Bertz CT molecular complexity index is 1420. The minimum Gasteiger partial charge on any atom is -0.355 e. The van der Waals surface area contributed by atoms with Gasteiger partial charge >= 0.3 is 0 Å². The number of nitrogens with zero attached hydrogens (tertiary/aromatic N) is 2. The topological polar surface area (TPSA) is 86.8 Å². The Labute approximate surface area is 236 Å². The van der Waals surface area contributed by atoms with Crippen LogP contribution >= 0.6 is 11.6 Å². The SMILES string of the molecule is CCNC(=O)[C@@H](CC)N(Cc1cccc(C)c1)C(=O)CN(c1cccc(Cl)c1C)S(=O)(=O)c1ccc(C)cc1. The van der Waals surface area contributed by atoms with Crippen LogP contribution in [0.5, 0.6) is 0 Å². The van der Waals surface area contributed by atoms with E-state index in [0.29, 0.717) is 29.2 Å². The van der Waals surface area contributed by atoms with E-state index in [1.165, 1.54) is 17.0 Å². The van der Waals surface area contributed by atoms with E-state index < -0.39 is 28.5 Å². The van der Waals surface area contributed by atoms with Crippen molar-refractivity contribution in [2.75, 3.05) is 17.4 Å². The first-order valence-electron chi connectivity index (χ1n) is 13.0. The molecule has 0 aliphatic rings. The molecule has 0 fully saturated rings. The Kier molecular flexibility index (Phi) is 10.2. The van der Waals surface area contributed by atoms with E-state index in [9.17, 15) is 18.0 Å². The largest absolute Gasteiger partial charge is 0.355 e. The fourth-order valence-corrected chi connectivity index (χ4v) is 6.08. The zero-order chi connectivity index (χ0) is 28.7. The molecule has 3 rings (SSSR count). The van der Waals surface area contributed by atoms with Crippen LogP contribution in [-0.2, 0) is 26.2 Å². The minimum absolute atomic E-state index is 0.0567. The van der Waals surface area contributed by atoms with Crippen LogP contribution in [0.2, 0.25) is 5.02 Å². The quantitative estimate of drug-likeness (QED) is 0.335. The van der Waals surface area contributed by atoms with Gasteiger partial charge in [0.1, 0.15) is 12.6 Å². The van der Waals surface area contributed by atoms with Crippen LogP contribution in [0.4, 0.5) is 5.69 Å². The van der Waals surface area contributed by atoms with Crippen LogP contribution < -0.4 is 9.62 Å². The Hall–Kier alpha value is -3.36. The summed E-state index contributed by atoms with van der Waals surface area (Å²) < 4.78 is 29.0. The number of aryl methyl sites for hydroxylation is 2. The number of benzene rings is 3. The summed E-state index contributed by atoms with van der Waals surface area (Å²) in [4.78, 5) is 28.6. The third-order valence-electron chi connectivity index (χ3n) is 6.57. The van der Waals surface area contributed by atoms with Crippen molar-refractivity contribution in [2.45, 2.75) is 58.5 Å². The maximum atomic E-state index is 14.1. The average molecular weight is 570 g/mol. The van der Waals surface area contributed by atoms with Crippen molar-refractivity contribution in [3.63, 3.8) is 0 Å². The molecular weight excluding hydrogens is 534 g/mol. The van der Waals surface area contributed by atoms with Crippen molar-refractivity contribution in [3.8, 4) is 0 Å². The third kappa shape index (κ3) is 7.19. The van der Waals surface area contributed by atoms with Gasteiger partial charge in [-0.1, -0.05) is 72.1 Å². The van der Waals surface area contributed by atoms with Crippen molar-refractivity contribution in [1.82, 2.24) is 10.2 Å². The summed E-state index contributed by atoms with van der Waals surface area (Å²) in [5.74, 6) is -0.780. The zero-order valence-electron chi connectivity index (χ0n) is 23.1. The van der Waals surface area contributed by atoms with Gasteiger partial charge in [-0.2, -0.15) is 0 Å². The fraction of sp³-hybridized carbons (Fsp3) is 0.333. The molecular formula is C30H36ClN3O4S. The summed E-state index contributed by atoms with van der Waals surface area (Å²) in [6, 6.07) is 18.3. The van der Waals surface area contributed by atoms with E-state index in [2.05, 4.69) is 5.32 Å². The molecule has 1 atom stereocenters. The zero-order valence-corrected chi connectivity index (χ0v) is 24.6. The molecule has 3 aromatic carbocycles. The fourth-order valence-electron chi connectivity index (χ4n) is 4.44. The van der Waals surface area contributed by atoms with Crippen molar-refractivity contribution in [3.05, 3.63) is 94.0 Å². The van der Waals surface area contributed by atoms with Gasteiger partial charge < -0.3 is 10.2 Å². The highest BCUT2D eigenvalue weighted by atomic mass is 35.5. The lowest BCUT2D eigenvalue weighted by molar-refractivity contribution is -0.140. The molecule has 9 heteroatoms. The smallest absolute Gasteiger partial charge is 0.264 e. The van der Waals surface area contributed by atoms with Crippen molar-refractivity contribution < 1.29 is 18.0 Å². The molecule has 7 nitrogen and oxygen atoms in total. The monoisotopic (exact) mass is 569 g/mol. The Balaban J connectivity index is 2.11. The van der Waals surface area contributed by atoms with Crippen LogP contribution in [0, 0.1) is 20.8 Å². The van der Waals surface area contributed by atoms with Gasteiger partial charge in [0.2, 0.25) is 11.8 Å². The number of anilines is 1. The first kappa shape index (κ1) is 30.2. The number of amides is 2. The van der Waals surface area contributed by atoms with Gasteiger partial charge in [-0.05, 0) is 69.5 Å². The molecule has 0 heterocycles. The second-order valence-corrected chi connectivity index (χ2v) is 11.8. The number of sulfonamides is 1. The lowest BCUT2D eigenvalue weighted by Crippen LogP contribution is -2.52. The van der Waals surface area contributed by atoms with E-state index >= 15 is 0 Å². The first-order chi connectivity index (χ1) is 18.5. The van der Waals surface area contributed by atoms with E-state index in [1.54, 1.807) is 37.3 Å². The summed E-state index contributed by atoms with van der Waals surface area (Å²) in [6.45, 7) is 9.25. The molecule has 2 amide bonds. The molecule has 0 spiro atoms. The van der Waals surface area contributed by atoms with Gasteiger partial charge in [0.15, 0.2) is 0 Å². The van der Waals surface area contributed by atoms with Crippen LogP contribution in [0.25, 0.3) is 0 Å². The molecule has 0 aromatic heterocycles. The van der Waals surface area contributed by atoms with Gasteiger partial charge in [-0.25, -0.2) is 8.42 Å². The minimum atomic E-state index is -4.15. The standard InChI is InChI=1S/C30H36ClN3O4S/c1-6-27(30(36)32-7-2)33(19-24-11-8-10-22(4)18-24)29(35)20-34(28-13-9-12-26(31)23(28)5)39(37,38)25-16-14-21(3)15-17-25/h8-18,27H,6-7,19-20H2,1-5H3,(H,32,36)/t27-/m1/s1. The van der Waals surface area contributed by atoms with Gasteiger partial charge in [0.05, 0.1) is 10.6 Å². The van der Waals surface area contributed by atoms with Gasteiger partial charge in [-0.3, -0.25) is 13.9 Å². The van der Waals surface area contributed by atoms with Gasteiger partial charge in [-0.15, -0.1) is 0 Å². The van der Waals surface area contributed by atoms with Crippen molar-refractivity contribution in [2.24, 2.45) is 0 Å². The second kappa shape index (κ2) is 13.1. The lowest BCUT2D eigenvalue weighted by atomic mass is 10.1. The molecule has 0 saturated heterocycles. The summed E-state index contributed by atoms with van der Waals surface area (Å²) in [6.07, 6.45) is 0.365. The Morgan fingerprint density at radius 3 is 2.21 bits per heavy atom. The molecule has 1 N–H and O–H groups in total. The number of likely N-dealkylation sites (N-methyl/N-ethyl adjacent to an activating group) is 1. The highest BCUT2D eigenvalue weighted by Crippen LogP contribution is 2.31. The van der Waals surface area contributed by atoms with E-state index in [4.69, 9.17) is 11.6 Å². The molecule has 0 radical (unpaired) electrons. The Morgan fingerprint density at radius 1 is 0.923 bits per heavy atom. The average Bonchev–Trinajstić information content (AvgIpc) is 2.89. The maximum absolute atomic E-state index is 14.1.